The Morgan fingerprint density at radius 3 is 2.41 bits per heavy atom. The highest BCUT2D eigenvalue weighted by atomic mass is 19.4. The van der Waals surface area contributed by atoms with E-state index >= 15 is 0 Å². The Kier molecular flexibility index (Phi) is 8.50. The first-order valence-corrected chi connectivity index (χ1v) is 12.1. The van der Waals surface area contributed by atoms with Gasteiger partial charge in [0.25, 0.3) is 0 Å². The zero-order valence-corrected chi connectivity index (χ0v) is 21.0. The molecule has 11 heteroatoms. The lowest BCUT2D eigenvalue weighted by Gasteiger charge is -2.19. The van der Waals surface area contributed by atoms with Crippen molar-refractivity contribution in [2.24, 2.45) is 5.92 Å². The number of amides is 1. The molecule has 2 unspecified atom stereocenters. The molecule has 2 atom stereocenters. The number of alkyl halides is 3. The molecule has 39 heavy (non-hydrogen) atoms. The number of nitrogens with zero attached hydrogens (tertiary/aromatic N) is 2. The summed E-state index contributed by atoms with van der Waals surface area (Å²) in [5, 5.41) is 18.2. The molecule has 4 aromatic rings. The van der Waals surface area contributed by atoms with Crippen LogP contribution in [0.5, 0.6) is 5.75 Å². The second-order valence-electron chi connectivity index (χ2n) is 9.13. The van der Waals surface area contributed by atoms with Crippen LogP contribution < -0.4 is 10.1 Å². The predicted octanol–water partition coefficient (Wildman–Crippen LogP) is 5.06. The Balaban J connectivity index is 0.000000448. The molecule has 204 valence electrons. The number of anilines is 1. The predicted molar refractivity (Wildman–Crippen MR) is 139 cm³/mol. The maximum atomic E-state index is 13.4. The fourth-order valence-corrected chi connectivity index (χ4v) is 4.57. The average molecular weight is 541 g/mol. The molecular formula is C28H27F3N4O4. The molecule has 0 saturated carbocycles. The van der Waals surface area contributed by atoms with E-state index in [1.165, 1.54) is 5.56 Å². The van der Waals surface area contributed by atoms with Crippen LogP contribution >= 0.6 is 0 Å². The quantitative estimate of drug-likeness (QED) is 0.316. The van der Waals surface area contributed by atoms with Gasteiger partial charge in [-0.15, -0.1) is 0 Å². The zero-order chi connectivity index (χ0) is 28.0. The largest absolute Gasteiger partial charge is 0.497 e. The van der Waals surface area contributed by atoms with Gasteiger partial charge < -0.3 is 15.2 Å². The number of nitrogens with one attached hydrogen (secondary N) is 2. The Hall–Kier alpha value is -4.38. The third-order valence-electron chi connectivity index (χ3n) is 6.48. The highest BCUT2D eigenvalue weighted by Gasteiger charge is 2.39. The van der Waals surface area contributed by atoms with E-state index in [9.17, 15) is 18.0 Å². The van der Waals surface area contributed by atoms with E-state index in [4.69, 9.17) is 14.6 Å². The summed E-state index contributed by atoms with van der Waals surface area (Å²) in [5.41, 5.74) is 4.16. The molecule has 1 saturated heterocycles. The van der Waals surface area contributed by atoms with E-state index in [1.54, 1.807) is 13.3 Å². The molecule has 3 aromatic carbocycles. The number of rotatable bonds is 6. The summed E-state index contributed by atoms with van der Waals surface area (Å²) in [5.74, 6) is -1.92. The number of aliphatic carboxylic acids is 1. The van der Waals surface area contributed by atoms with Gasteiger partial charge in [-0.1, -0.05) is 42.5 Å². The highest BCUT2D eigenvalue weighted by molar-refractivity contribution is 5.95. The van der Waals surface area contributed by atoms with Crippen molar-refractivity contribution in [3.63, 3.8) is 0 Å². The number of aromatic nitrogens is 2. The van der Waals surface area contributed by atoms with Gasteiger partial charge in [0.2, 0.25) is 5.91 Å². The number of aromatic amines is 1. The number of hydrogen-bond donors (Lipinski definition) is 3. The minimum Gasteiger partial charge on any atom is -0.497 e. The van der Waals surface area contributed by atoms with Gasteiger partial charge in [-0.05, 0) is 41.5 Å². The van der Waals surface area contributed by atoms with Crippen LogP contribution in [0.25, 0.3) is 10.9 Å². The van der Waals surface area contributed by atoms with E-state index in [0.29, 0.717) is 6.54 Å². The van der Waals surface area contributed by atoms with Crippen LogP contribution in [-0.2, 0) is 16.1 Å². The number of hydrogen-bond acceptors (Lipinski definition) is 5. The first kappa shape index (κ1) is 27.6. The molecule has 0 spiro atoms. The number of carboxylic acid groups (broad SMARTS) is 1. The Morgan fingerprint density at radius 2 is 1.77 bits per heavy atom. The van der Waals surface area contributed by atoms with Crippen molar-refractivity contribution in [3.05, 3.63) is 90.1 Å². The first-order valence-electron chi connectivity index (χ1n) is 12.1. The van der Waals surface area contributed by atoms with Gasteiger partial charge in [0.1, 0.15) is 5.75 Å². The molecule has 5 rings (SSSR count). The molecule has 0 bridgehead atoms. The third kappa shape index (κ3) is 7.14. The van der Waals surface area contributed by atoms with Crippen molar-refractivity contribution in [1.82, 2.24) is 15.1 Å². The molecule has 1 aliphatic heterocycles. The molecule has 0 radical (unpaired) electrons. The number of carboxylic acids is 1. The second-order valence-corrected chi connectivity index (χ2v) is 9.13. The minimum atomic E-state index is -5.08. The second kappa shape index (κ2) is 12.0. The van der Waals surface area contributed by atoms with Gasteiger partial charge in [0, 0.05) is 36.6 Å². The Morgan fingerprint density at radius 1 is 1.08 bits per heavy atom. The van der Waals surface area contributed by atoms with E-state index in [-0.39, 0.29) is 17.7 Å². The van der Waals surface area contributed by atoms with Crippen LogP contribution in [0.4, 0.5) is 18.9 Å². The Labute approximate surface area is 222 Å². The van der Waals surface area contributed by atoms with Crippen molar-refractivity contribution < 1.29 is 32.6 Å². The van der Waals surface area contributed by atoms with Crippen molar-refractivity contribution in [2.45, 2.75) is 18.6 Å². The first-order chi connectivity index (χ1) is 18.6. The molecular weight excluding hydrogens is 513 g/mol. The summed E-state index contributed by atoms with van der Waals surface area (Å²) >= 11 is 0. The summed E-state index contributed by atoms with van der Waals surface area (Å²) in [4.78, 5) is 24.7. The van der Waals surface area contributed by atoms with Gasteiger partial charge in [-0.3, -0.25) is 14.8 Å². The summed E-state index contributed by atoms with van der Waals surface area (Å²) in [6.45, 7) is 2.38. The molecule has 0 aliphatic carbocycles. The summed E-state index contributed by atoms with van der Waals surface area (Å²) in [6, 6.07) is 24.3. The van der Waals surface area contributed by atoms with Crippen LogP contribution in [0, 0.1) is 5.92 Å². The van der Waals surface area contributed by atoms with Crippen molar-refractivity contribution >= 4 is 28.5 Å². The summed E-state index contributed by atoms with van der Waals surface area (Å²) in [6.07, 6.45) is -3.32. The maximum Gasteiger partial charge on any atom is 0.490 e. The van der Waals surface area contributed by atoms with E-state index in [0.717, 1.165) is 41.0 Å². The van der Waals surface area contributed by atoms with Gasteiger partial charge in [0.05, 0.1) is 24.7 Å². The molecule has 1 aromatic heterocycles. The highest BCUT2D eigenvalue weighted by Crippen LogP contribution is 2.35. The van der Waals surface area contributed by atoms with Crippen LogP contribution in [0.2, 0.25) is 0 Å². The monoisotopic (exact) mass is 540 g/mol. The van der Waals surface area contributed by atoms with Crippen LogP contribution in [0.1, 0.15) is 17.0 Å². The van der Waals surface area contributed by atoms with Crippen molar-refractivity contribution in [1.29, 1.82) is 0 Å². The number of ether oxygens (including phenoxy) is 1. The number of fused-ring (bicyclic) bond motifs is 1. The topological polar surface area (TPSA) is 108 Å². The van der Waals surface area contributed by atoms with E-state index in [2.05, 4.69) is 56.8 Å². The summed E-state index contributed by atoms with van der Waals surface area (Å²) < 4.78 is 37.1. The van der Waals surface area contributed by atoms with E-state index in [1.807, 2.05) is 36.4 Å². The number of H-pyrrole nitrogens is 1. The average Bonchev–Trinajstić information content (AvgIpc) is 3.56. The number of halogens is 3. The number of carbonyl (C=O) groups excluding carboxylic acids is 1. The standard InChI is InChI=1S/C26H26N4O2.C2HF3O2/c1-32-22-10-7-19(8-11-22)23-16-30(15-18-5-3-2-4-6-18)17-24(23)26(31)28-21-9-12-25-20(13-21)14-27-29-25;3-2(4,5)1(6)7/h2-14,23-24H,15-17H2,1H3,(H,27,29)(H,28,31);(H,6,7). The summed E-state index contributed by atoms with van der Waals surface area (Å²) in [7, 11) is 1.67. The van der Waals surface area contributed by atoms with Gasteiger partial charge in [-0.25, -0.2) is 4.79 Å². The lowest BCUT2D eigenvalue weighted by Crippen LogP contribution is -2.28. The lowest BCUT2D eigenvalue weighted by atomic mass is 9.88. The molecule has 8 nitrogen and oxygen atoms in total. The molecule has 1 fully saturated rings. The van der Waals surface area contributed by atoms with Gasteiger partial charge in [0.15, 0.2) is 0 Å². The number of likely N-dealkylation sites (tertiary alicyclic amines) is 1. The minimum absolute atomic E-state index is 0.0456. The zero-order valence-electron chi connectivity index (χ0n) is 21.0. The van der Waals surface area contributed by atoms with Crippen molar-refractivity contribution in [3.8, 4) is 5.75 Å². The fraction of sp³-hybridized carbons (Fsp3) is 0.250. The number of carbonyl (C=O) groups is 2. The van der Waals surface area contributed by atoms with Gasteiger partial charge in [-0.2, -0.15) is 18.3 Å². The fourth-order valence-electron chi connectivity index (χ4n) is 4.57. The maximum absolute atomic E-state index is 13.4. The van der Waals surface area contributed by atoms with Crippen LogP contribution in [0.3, 0.4) is 0 Å². The normalized spacial score (nSPS) is 17.3. The molecule has 3 N–H and O–H groups in total. The molecule has 1 aliphatic rings. The SMILES string of the molecule is COc1ccc(C2CN(Cc3ccccc3)CC2C(=O)Nc2ccc3[nH]ncc3c2)cc1.O=C(O)C(F)(F)F. The lowest BCUT2D eigenvalue weighted by molar-refractivity contribution is -0.192. The van der Waals surface area contributed by atoms with Crippen LogP contribution in [-0.4, -0.2) is 58.5 Å². The third-order valence-corrected chi connectivity index (χ3v) is 6.48. The Bertz CT molecular complexity index is 1410. The van der Waals surface area contributed by atoms with E-state index < -0.39 is 12.1 Å². The molecule has 2 heterocycles. The van der Waals surface area contributed by atoms with Crippen LogP contribution in [0.15, 0.2) is 79.0 Å². The van der Waals surface area contributed by atoms with Crippen molar-refractivity contribution in [2.75, 3.05) is 25.5 Å². The van der Waals surface area contributed by atoms with Gasteiger partial charge >= 0.3 is 12.1 Å². The smallest absolute Gasteiger partial charge is 0.490 e. The number of benzene rings is 3. The molecule has 1 amide bonds. The number of methoxy groups -OCH3 is 1.